The number of methoxy groups -OCH3 is 1. The zero-order valence-electron chi connectivity index (χ0n) is 14.8. The fourth-order valence-corrected chi connectivity index (χ4v) is 3.09. The molecule has 0 amide bonds. The van der Waals surface area contributed by atoms with E-state index in [1.807, 2.05) is 35.9 Å². The molecule has 0 fully saturated rings. The Labute approximate surface area is 148 Å². The maximum atomic E-state index is 10.1. The Morgan fingerprint density at radius 2 is 2.24 bits per heavy atom. The summed E-state index contributed by atoms with van der Waals surface area (Å²) in [6.45, 7) is 3.92. The van der Waals surface area contributed by atoms with E-state index >= 15 is 0 Å². The van der Waals surface area contributed by atoms with Crippen molar-refractivity contribution < 1.29 is 14.6 Å². The Kier molecular flexibility index (Phi) is 6.01. The van der Waals surface area contributed by atoms with Crippen LogP contribution in [0.2, 0.25) is 0 Å². The van der Waals surface area contributed by atoms with E-state index in [-0.39, 0.29) is 6.61 Å². The van der Waals surface area contributed by atoms with Gasteiger partial charge in [-0.1, -0.05) is 18.2 Å². The first-order valence-corrected chi connectivity index (χ1v) is 8.67. The monoisotopic (exact) mass is 346 g/mol. The van der Waals surface area contributed by atoms with E-state index in [1.165, 1.54) is 0 Å². The van der Waals surface area contributed by atoms with Crippen molar-refractivity contribution >= 4 is 0 Å². The average Bonchev–Trinajstić information content (AvgIpc) is 2.99. The zero-order valence-corrected chi connectivity index (χ0v) is 14.8. The van der Waals surface area contributed by atoms with Gasteiger partial charge in [-0.15, -0.1) is 0 Å². The smallest absolute Gasteiger partial charge is 0.147 e. The van der Waals surface area contributed by atoms with Crippen LogP contribution in [0.15, 0.2) is 24.3 Å². The van der Waals surface area contributed by atoms with Gasteiger partial charge in [0, 0.05) is 24.6 Å². The molecule has 136 valence electrons. The highest BCUT2D eigenvalue weighted by molar-refractivity contribution is 5.32. The highest BCUT2D eigenvalue weighted by Crippen LogP contribution is 2.18. The number of ether oxygens (including phenoxy) is 2. The van der Waals surface area contributed by atoms with E-state index in [4.69, 9.17) is 9.47 Å². The third-order valence-corrected chi connectivity index (χ3v) is 4.37. The second-order valence-electron chi connectivity index (χ2n) is 6.38. The Bertz CT molecular complexity index is 689. The van der Waals surface area contributed by atoms with Crippen LogP contribution < -0.4 is 10.1 Å². The number of nitrogens with zero attached hydrogens (tertiary/aromatic N) is 3. The van der Waals surface area contributed by atoms with Gasteiger partial charge in [-0.25, -0.2) is 9.67 Å². The molecule has 0 unspecified atom stereocenters. The molecule has 1 aromatic heterocycles. The summed E-state index contributed by atoms with van der Waals surface area (Å²) in [7, 11) is 1.64. The summed E-state index contributed by atoms with van der Waals surface area (Å²) in [5.41, 5.74) is 0.978. The highest BCUT2D eigenvalue weighted by Gasteiger charge is 2.21. The van der Waals surface area contributed by atoms with Crippen molar-refractivity contribution in [3.63, 3.8) is 0 Å². The molecule has 0 spiro atoms. The second kappa shape index (κ2) is 8.42. The minimum absolute atomic E-state index is 0.283. The standard InChI is InChI=1S/C18H26N4O3/c1-13-20-18-8-7-15(10-22(18)21-13)19-9-16(23)12-25-11-14-5-3-4-6-17(14)24-2/h3-6,15-16,19,23H,7-12H2,1-2H3/t15-,16-/m1/s1. The number of para-hydroxylation sites is 1. The lowest BCUT2D eigenvalue weighted by Gasteiger charge is -2.24. The number of rotatable bonds is 8. The summed E-state index contributed by atoms with van der Waals surface area (Å²) in [6, 6.07) is 8.04. The van der Waals surface area contributed by atoms with Crippen molar-refractivity contribution in [1.82, 2.24) is 20.1 Å². The summed E-state index contributed by atoms with van der Waals surface area (Å²) in [5, 5.41) is 17.9. The minimum atomic E-state index is -0.548. The Morgan fingerprint density at radius 3 is 3.08 bits per heavy atom. The second-order valence-corrected chi connectivity index (χ2v) is 6.38. The number of hydrogen-bond donors (Lipinski definition) is 2. The summed E-state index contributed by atoms with van der Waals surface area (Å²) in [4.78, 5) is 4.41. The third-order valence-electron chi connectivity index (χ3n) is 4.37. The van der Waals surface area contributed by atoms with Crippen molar-refractivity contribution in [2.24, 2.45) is 0 Å². The van der Waals surface area contributed by atoms with Crippen LogP contribution in [-0.2, 0) is 24.3 Å². The first-order valence-electron chi connectivity index (χ1n) is 8.67. The molecule has 7 nitrogen and oxygen atoms in total. The highest BCUT2D eigenvalue weighted by atomic mass is 16.5. The van der Waals surface area contributed by atoms with Crippen LogP contribution in [-0.4, -0.2) is 52.3 Å². The fourth-order valence-electron chi connectivity index (χ4n) is 3.09. The summed E-state index contributed by atoms with van der Waals surface area (Å²) in [5.74, 6) is 2.67. The molecule has 0 bridgehead atoms. The predicted molar refractivity (Wildman–Crippen MR) is 93.5 cm³/mol. The number of benzene rings is 1. The van der Waals surface area contributed by atoms with E-state index in [9.17, 15) is 5.11 Å². The van der Waals surface area contributed by atoms with E-state index < -0.39 is 6.10 Å². The number of fused-ring (bicyclic) bond motifs is 1. The van der Waals surface area contributed by atoms with Crippen LogP contribution >= 0.6 is 0 Å². The van der Waals surface area contributed by atoms with Gasteiger partial charge in [0.05, 0.1) is 33.0 Å². The lowest BCUT2D eigenvalue weighted by Crippen LogP contribution is -2.42. The summed E-state index contributed by atoms with van der Waals surface area (Å²) in [6.07, 6.45) is 1.37. The number of nitrogens with one attached hydrogen (secondary N) is 1. The zero-order chi connectivity index (χ0) is 17.6. The van der Waals surface area contributed by atoms with Crippen LogP contribution in [0.3, 0.4) is 0 Å². The fraction of sp³-hybridized carbons (Fsp3) is 0.556. The molecular weight excluding hydrogens is 320 g/mol. The Hall–Kier alpha value is -1.96. The van der Waals surface area contributed by atoms with Crippen LogP contribution in [0, 0.1) is 6.92 Å². The van der Waals surface area contributed by atoms with E-state index in [1.54, 1.807) is 7.11 Å². The molecular formula is C18H26N4O3. The van der Waals surface area contributed by atoms with Gasteiger partial charge in [-0.2, -0.15) is 5.10 Å². The molecule has 2 atom stereocenters. The average molecular weight is 346 g/mol. The number of hydrogen-bond acceptors (Lipinski definition) is 6. The number of aliphatic hydroxyl groups excluding tert-OH is 1. The quantitative estimate of drug-likeness (QED) is 0.744. The summed E-state index contributed by atoms with van der Waals surface area (Å²) < 4.78 is 12.9. The maximum Gasteiger partial charge on any atom is 0.147 e. The third kappa shape index (κ3) is 4.78. The van der Waals surface area contributed by atoms with Crippen molar-refractivity contribution in [2.45, 2.75) is 45.1 Å². The SMILES string of the molecule is COc1ccccc1COC[C@H](O)CN[C@@H]1CCc2nc(C)nn2C1. The van der Waals surface area contributed by atoms with Crippen LogP contribution in [0.5, 0.6) is 5.75 Å². The van der Waals surface area contributed by atoms with Gasteiger partial charge in [0.2, 0.25) is 0 Å². The first-order chi connectivity index (χ1) is 12.2. The van der Waals surface area contributed by atoms with Crippen LogP contribution in [0.1, 0.15) is 23.6 Å². The van der Waals surface area contributed by atoms with Crippen molar-refractivity contribution in [1.29, 1.82) is 0 Å². The molecule has 2 aromatic rings. The van der Waals surface area contributed by atoms with E-state index in [2.05, 4.69) is 15.4 Å². The van der Waals surface area contributed by atoms with Gasteiger partial charge in [-0.3, -0.25) is 0 Å². The molecule has 25 heavy (non-hydrogen) atoms. The molecule has 0 saturated carbocycles. The van der Waals surface area contributed by atoms with Gasteiger partial charge in [0.15, 0.2) is 0 Å². The van der Waals surface area contributed by atoms with Crippen molar-refractivity contribution in [3.8, 4) is 5.75 Å². The van der Waals surface area contributed by atoms with Gasteiger partial charge >= 0.3 is 0 Å². The van der Waals surface area contributed by atoms with Crippen LogP contribution in [0.4, 0.5) is 0 Å². The van der Waals surface area contributed by atoms with Crippen molar-refractivity contribution in [2.75, 3.05) is 20.3 Å². The maximum absolute atomic E-state index is 10.1. The molecule has 0 saturated heterocycles. The molecule has 1 aliphatic heterocycles. The van der Waals surface area contributed by atoms with E-state index in [0.717, 1.165) is 42.3 Å². The first kappa shape index (κ1) is 17.8. The number of aromatic nitrogens is 3. The lowest BCUT2D eigenvalue weighted by molar-refractivity contribution is 0.0263. The lowest BCUT2D eigenvalue weighted by atomic mass is 10.1. The Morgan fingerprint density at radius 1 is 1.40 bits per heavy atom. The molecule has 2 N–H and O–H groups in total. The normalized spacial score (nSPS) is 18.0. The van der Waals surface area contributed by atoms with Crippen LogP contribution in [0.25, 0.3) is 0 Å². The number of aryl methyl sites for hydroxylation is 2. The van der Waals surface area contributed by atoms with Gasteiger partial charge in [0.25, 0.3) is 0 Å². The molecule has 1 aromatic carbocycles. The Balaban J connectivity index is 1.38. The van der Waals surface area contributed by atoms with Gasteiger partial charge < -0.3 is 19.9 Å². The molecule has 1 aliphatic rings. The summed E-state index contributed by atoms with van der Waals surface area (Å²) >= 11 is 0. The molecule has 2 heterocycles. The van der Waals surface area contributed by atoms with E-state index in [0.29, 0.717) is 19.2 Å². The molecule has 3 rings (SSSR count). The number of aliphatic hydroxyl groups is 1. The van der Waals surface area contributed by atoms with Crippen molar-refractivity contribution in [3.05, 3.63) is 41.5 Å². The largest absolute Gasteiger partial charge is 0.496 e. The van der Waals surface area contributed by atoms with Gasteiger partial charge in [0.1, 0.15) is 17.4 Å². The predicted octanol–water partition coefficient (Wildman–Crippen LogP) is 1.08. The molecule has 0 aliphatic carbocycles. The molecule has 0 radical (unpaired) electrons. The minimum Gasteiger partial charge on any atom is -0.496 e. The molecule has 7 heteroatoms. The van der Waals surface area contributed by atoms with Gasteiger partial charge in [-0.05, 0) is 19.4 Å². The topological polar surface area (TPSA) is 81.4 Å².